The Morgan fingerprint density at radius 3 is 2.09 bits per heavy atom. The lowest BCUT2D eigenvalue weighted by Gasteiger charge is -2.11. The number of amides is 1. The van der Waals surface area contributed by atoms with Crippen molar-refractivity contribution in [2.75, 3.05) is 6.61 Å². The molecule has 0 atom stereocenters. The van der Waals surface area contributed by atoms with Crippen LogP contribution < -0.4 is 10.9 Å². The van der Waals surface area contributed by atoms with Gasteiger partial charge in [0, 0.05) is 11.9 Å². The van der Waals surface area contributed by atoms with Crippen molar-refractivity contribution in [2.45, 2.75) is 13.1 Å². The zero-order valence-corrected chi connectivity index (χ0v) is 17.2. The quantitative estimate of drug-likeness (QED) is 0.458. The molecule has 7 heteroatoms. The van der Waals surface area contributed by atoms with Gasteiger partial charge in [0.15, 0.2) is 12.3 Å². The average Bonchev–Trinajstić information content (AvgIpc) is 2.84. The molecule has 0 bridgehead atoms. The maximum absolute atomic E-state index is 12.9. The summed E-state index contributed by atoms with van der Waals surface area (Å²) in [6.07, 6.45) is 0. The van der Waals surface area contributed by atoms with Crippen molar-refractivity contribution in [3.8, 4) is 0 Å². The standard InChI is InChI=1S/C25H21N3O4/c29-22(26-15-18-9-3-1-4-10-18)17-32-25(31)23-20-13-7-8-14-21(20)24(30)28(27-23)16-19-11-5-2-6-12-19/h1-14H,15-17H2,(H,26,29). The van der Waals surface area contributed by atoms with Gasteiger partial charge in [0.25, 0.3) is 11.5 Å². The lowest BCUT2D eigenvalue weighted by Crippen LogP contribution is -2.30. The number of nitrogens with one attached hydrogen (secondary N) is 1. The maximum Gasteiger partial charge on any atom is 0.359 e. The zero-order valence-electron chi connectivity index (χ0n) is 17.2. The third-order valence-electron chi connectivity index (χ3n) is 4.90. The Balaban J connectivity index is 1.52. The molecule has 4 aromatic rings. The van der Waals surface area contributed by atoms with Crippen LogP contribution in [0.3, 0.4) is 0 Å². The van der Waals surface area contributed by atoms with Crippen LogP contribution in [-0.2, 0) is 22.6 Å². The first-order valence-corrected chi connectivity index (χ1v) is 10.1. The molecule has 0 saturated carbocycles. The molecule has 0 aliphatic heterocycles. The fourth-order valence-electron chi connectivity index (χ4n) is 3.30. The Morgan fingerprint density at radius 2 is 1.41 bits per heavy atom. The van der Waals surface area contributed by atoms with E-state index in [1.165, 1.54) is 4.68 Å². The topological polar surface area (TPSA) is 90.3 Å². The molecule has 0 saturated heterocycles. The van der Waals surface area contributed by atoms with Gasteiger partial charge in [-0.15, -0.1) is 0 Å². The molecule has 1 amide bonds. The van der Waals surface area contributed by atoms with Crippen molar-refractivity contribution < 1.29 is 14.3 Å². The van der Waals surface area contributed by atoms with Gasteiger partial charge in [-0.1, -0.05) is 78.9 Å². The number of nitrogens with zero attached hydrogens (tertiary/aromatic N) is 2. The van der Waals surface area contributed by atoms with Crippen molar-refractivity contribution in [2.24, 2.45) is 0 Å². The Morgan fingerprint density at radius 1 is 0.812 bits per heavy atom. The monoisotopic (exact) mass is 427 g/mol. The number of benzene rings is 3. The number of ether oxygens (including phenoxy) is 1. The second-order valence-electron chi connectivity index (χ2n) is 7.18. The van der Waals surface area contributed by atoms with Gasteiger partial charge in [0.2, 0.25) is 0 Å². The molecule has 7 nitrogen and oxygen atoms in total. The van der Waals surface area contributed by atoms with E-state index in [2.05, 4.69) is 10.4 Å². The van der Waals surface area contributed by atoms with Crippen LogP contribution in [0.4, 0.5) is 0 Å². The minimum absolute atomic E-state index is 0.00742. The molecule has 1 heterocycles. The molecule has 0 radical (unpaired) electrons. The summed E-state index contributed by atoms with van der Waals surface area (Å²) >= 11 is 0. The van der Waals surface area contributed by atoms with Gasteiger partial charge < -0.3 is 10.1 Å². The van der Waals surface area contributed by atoms with Gasteiger partial charge >= 0.3 is 5.97 Å². The van der Waals surface area contributed by atoms with E-state index >= 15 is 0 Å². The summed E-state index contributed by atoms with van der Waals surface area (Å²) in [7, 11) is 0. The summed E-state index contributed by atoms with van der Waals surface area (Å²) < 4.78 is 6.44. The molecule has 1 N–H and O–H groups in total. The van der Waals surface area contributed by atoms with Crippen LogP contribution in [0, 0.1) is 0 Å². The fourth-order valence-corrected chi connectivity index (χ4v) is 3.30. The summed E-state index contributed by atoms with van der Waals surface area (Å²) in [5.41, 5.74) is 1.50. The van der Waals surface area contributed by atoms with Crippen molar-refractivity contribution >= 4 is 22.6 Å². The largest absolute Gasteiger partial charge is 0.451 e. The van der Waals surface area contributed by atoms with E-state index in [1.807, 2.05) is 60.7 Å². The van der Waals surface area contributed by atoms with Gasteiger partial charge in [-0.3, -0.25) is 9.59 Å². The number of fused-ring (bicyclic) bond motifs is 1. The van der Waals surface area contributed by atoms with E-state index in [4.69, 9.17) is 4.74 Å². The number of hydrogen-bond acceptors (Lipinski definition) is 5. The van der Waals surface area contributed by atoms with Crippen LogP contribution in [0.15, 0.2) is 89.7 Å². The van der Waals surface area contributed by atoms with E-state index < -0.39 is 18.5 Å². The molecule has 3 aromatic carbocycles. The normalized spacial score (nSPS) is 10.6. The maximum atomic E-state index is 12.9. The predicted molar refractivity (Wildman–Crippen MR) is 120 cm³/mol. The SMILES string of the molecule is O=C(COC(=O)c1nn(Cc2ccccc2)c(=O)c2ccccc12)NCc1ccccc1. The molecule has 32 heavy (non-hydrogen) atoms. The molecule has 0 aliphatic rings. The second-order valence-corrected chi connectivity index (χ2v) is 7.18. The third kappa shape index (κ3) is 4.89. The number of carbonyl (C=O) groups is 2. The van der Waals surface area contributed by atoms with E-state index in [0.717, 1.165) is 11.1 Å². The Labute approximate surface area is 184 Å². The van der Waals surface area contributed by atoms with Gasteiger partial charge in [0.1, 0.15) is 0 Å². The van der Waals surface area contributed by atoms with Crippen LogP contribution in [0.5, 0.6) is 0 Å². The number of aromatic nitrogens is 2. The van der Waals surface area contributed by atoms with E-state index in [9.17, 15) is 14.4 Å². The van der Waals surface area contributed by atoms with Crippen LogP contribution in [-0.4, -0.2) is 28.3 Å². The highest BCUT2D eigenvalue weighted by atomic mass is 16.5. The molecule has 1 aromatic heterocycles. The number of hydrogen-bond donors (Lipinski definition) is 1. The molecule has 0 spiro atoms. The van der Waals surface area contributed by atoms with Gasteiger partial charge in [0.05, 0.1) is 11.9 Å². The fraction of sp³-hybridized carbons (Fsp3) is 0.120. The minimum atomic E-state index is -0.766. The molecule has 0 fully saturated rings. The number of esters is 1. The first-order valence-electron chi connectivity index (χ1n) is 10.1. The van der Waals surface area contributed by atoms with Crippen molar-refractivity contribution in [3.63, 3.8) is 0 Å². The smallest absolute Gasteiger partial charge is 0.359 e. The highest BCUT2D eigenvalue weighted by molar-refractivity contribution is 6.02. The summed E-state index contributed by atoms with van der Waals surface area (Å²) in [5.74, 6) is -1.19. The second kappa shape index (κ2) is 9.70. The third-order valence-corrected chi connectivity index (χ3v) is 4.90. The lowest BCUT2D eigenvalue weighted by atomic mass is 10.1. The average molecular weight is 427 g/mol. The van der Waals surface area contributed by atoms with Crippen molar-refractivity contribution in [3.05, 3.63) is 112 Å². The molecule has 160 valence electrons. The highest BCUT2D eigenvalue weighted by Gasteiger charge is 2.19. The molecular formula is C25H21N3O4. The van der Waals surface area contributed by atoms with E-state index in [-0.39, 0.29) is 17.8 Å². The number of rotatable bonds is 7. The highest BCUT2D eigenvalue weighted by Crippen LogP contribution is 2.15. The Hall–Kier alpha value is -4.26. The first kappa shape index (κ1) is 21.0. The van der Waals surface area contributed by atoms with Gasteiger partial charge in [-0.05, 0) is 17.2 Å². The van der Waals surface area contributed by atoms with E-state index in [1.54, 1.807) is 24.3 Å². The summed E-state index contributed by atoms with van der Waals surface area (Å²) in [6.45, 7) is 0.0994. The molecule has 0 aliphatic carbocycles. The van der Waals surface area contributed by atoms with Gasteiger partial charge in [-0.25, -0.2) is 9.48 Å². The summed E-state index contributed by atoms with van der Waals surface area (Å²) in [5, 5.41) is 7.72. The molecule has 0 unspecified atom stereocenters. The Kier molecular flexibility index (Phi) is 6.36. The first-order chi connectivity index (χ1) is 15.6. The van der Waals surface area contributed by atoms with Crippen LogP contribution >= 0.6 is 0 Å². The Bertz CT molecular complexity index is 1300. The molecular weight excluding hydrogens is 406 g/mol. The summed E-state index contributed by atoms with van der Waals surface area (Å²) in [6, 6.07) is 25.5. The lowest BCUT2D eigenvalue weighted by molar-refractivity contribution is -0.124. The van der Waals surface area contributed by atoms with Crippen LogP contribution in [0.2, 0.25) is 0 Å². The van der Waals surface area contributed by atoms with Crippen LogP contribution in [0.1, 0.15) is 21.6 Å². The number of carbonyl (C=O) groups excluding carboxylic acids is 2. The summed E-state index contributed by atoms with van der Waals surface area (Å²) in [4.78, 5) is 37.8. The zero-order chi connectivity index (χ0) is 22.3. The predicted octanol–water partition coefficient (Wildman–Crippen LogP) is 2.92. The van der Waals surface area contributed by atoms with Crippen LogP contribution in [0.25, 0.3) is 10.8 Å². The van der Waals surface area contributed by atoms with Crippen molar-refractivity contribution in [1.82, 2.24) is 15.1 Å². The van der Waals surface area contributed by atoms with Gasteiger partial charge in [-0.2, -0.15) is 5.10 Å². The minimum Gasteiger partial charge on any atom is -0.451 e. The van der Waals surface area contributed by atoms with E-state index in [0.29, 0.717) is 17.3 Å². The molecule has 4 rings (SSSR count). The van der Waals surface area contributed by atoms with Crippen molar-refractivity contribution in [1.29, 1.82) is 0 Å².